The highest BCUT2D eigenvalue weighted by Gasteiger charge is 2.38. The summed E-state index contributed by atoms with van der Waals surface area (Å²) in [5.41, 5.74) is 0.345. The number of ether oxygens (including phenoxy) is 4. The summed E-state index contributed by atoms with van der Waals surface area (Å²) in [5.74, 6) is 0.758. The van der Waals surface area contributed by atoms with Gasteiger partial charge in [0.25, 0.3) is 0 Å². The maximum Gasteiger partial charge on any atom is 0.410 e. The highest BCUT2D eigenvalue weighted by atomic mass is 32.1. The molecule has 0 aromatic heterocycles. The van der Waals surface area contributed by atoms with Gasteiger partial charge in [-0.2, -0.15) is 0 Å². The number of carbonyl (C=O) groups is 1. The second kappa shape index (κ2) is 9.78. The maximum absolute atomic E-state index is 13.1. The quantitative estimate of drug-likeness (QED) is 0.468. The molecule has 2 atom stereocenters. The standard InChI is InChI=1S/C21H29NO5S/c1-6-7-8-17(18-14-25-20(28)26-18)22(19(23)27-21(2,3)4)13-15-9-11-16(24-5)12-10-15/h6,9-12,17-18H,1,7-8,13-14H2,2-5H3/t17-,18+/m0/s1. The van der Waals surface area contributed by atoms with Crippen molar-refractivity contribution in [3.63, 3.8) is 0 Å². The zero-order valence-corrected chi connectivity index (χ0v) is 17.8. The fourth-order valence-corrected chi connectivity index (χ4v) is 3.12. The van der Waals surface area contributed by atoms with E-state index in [-0.39, 0.29) is 17.4 Å². The van der Waals surface area contributed by atoms with Crippen molar-refractivity contribution < 1.29 is 23.7 Å². The van der Waals surface area contributed by atoms with Crippen molar-refractivity contribution in [3.05, 3.63) is 42.5 Å². The first-order chi connectivity index (χ1) is 13.2. The fourth-order valence-electron chi connectivity index (χ4n) is 2.93. The molecule has 1 aliphatic heterocycles. The van der Waals surface area contributed by atoms with Gasteiger partial charge < -0.3 is 18.9 Å². The minimum absolute atomic E-state index is 0.113. The van der Waals surface area contributed by atoms with E-state index in [0.29, 0.717) is 19.6 Å². The van der Waals surface area contributed by atoms with Gasteiger partial charge in [-0.3, -0.25) is 4.90 Å². The molecule has 1 saturated heterocycles. The summed E-state index contributed by atoms with van der Waals surface area (Å²) in [7, 11) is 1.62. The Kier molecular flexibility index (Phi) is 7.69. The molecule has 1 amide bonds. The van der Waals surface area contributed by atoms with Crippen LogP contribution in [0.3, 0.4) is 0 Å². The third-order valence-electron chi connectivity index (χ3n) is 4.25. The number of thiocarbonyl (C=S) groups is 1. The van der Waals surface area contributed by atoms with Crippen molar-refractivity contribution in [2.24, 2.45) is 0 Å². The van der Waals surface area contributed by atoms with Gasteiger partial charge in [0, 0.05) is 18.8 Å². The van der Waals surface area contributed by atoms with Crippen LogP contribution >= 0.6 is 12.2 Å². The molecule has 1 heterocycles. The van der Waals surface area contributed by atoms with E-state index in [4.69, 9.17) is 31.2 Å². The van der Waals surface area contributed by atoms with Crippen molar-refractivity contribution in [3.8, 4) is 5.75 Å². The number of nitrogens with zero attached hydrogens (tertiary/aromatic N) is 1. The second-order valence-electron chi connectivity index (χ2n) is 7.61. The molecule has 0 unspecified atom stereocenters. The predicted molar refractivity (Wildman–Crippen MR) is 111 cm³/mol. The molecule has 0 spiro atoms. The van der Waals surface area contributed by atoms with Crippen LogP contribution in [0.25, 0.3) is 0 Å². The lowest BCUT2D eigenvalue weighted by atomic mass is 10.0. The van der Waals surface area contributed by atoms with Gasteiger partial charge in [0.15, 0.2) is 6.10 Å². The first-order valence-electron chi connectivity index (χ1n) is 9.30. The van der Waals surface area contributed by atoms with E-state index in [0.717, 1.165) is 17.7 Å². The Morgan fingerprint density at radius 2 is 2.07 bits per heavy atom. The molecule has 6 nitrogen and oxygen atoms in total. The lowest BCUT2D eigenvalue weighted by Crippen LogP contribution is -2.49. The van der Waals surface area contributed by atoms with Crippen LogP contribution in [-0.2, 0) is 20.8 Å². The van der Waals surface area contributed by atoms with Crippen LogP contribution in [0.2, 0.25) is 0 Å². The molecule has 2 rings (SSSR count). The summed E-state index contributed by atoms with van der Waals surface area (Å²) in [6.45, 7) is 10.0. The minimum Gasteiger partial charge on any atom is -0.497 e. The molecule has 1 fully saturated rings. The Morgan fingerprint density at radius 1 is 1.39 bits per heavy atom. The topological polar surface area (TPSA) is 57.2 Å². The van der Waals surface area contributed by atoms with Gasteiger partial charge in [0.2, 0.25) is 0 Å². The number of hydrogen-bond acceptors (Lipinski definition) is 6. The third kappa shape index (κ3) is 6.41. The van der Waals surface area contributed by atoms with E-state index in [1.54, 1.807) is 12.0 Å². The van der Waals surface area contributed by atoms with E-state index >= 15 is 0 Å². The van der Waals surface area contributed by atoms with Gasteiger partial charge in [-0.05, 0) is 51.3 Å². The van der Waals surface area contributed by atoms with Crippen molar-refractivity contribution in [2.75, 3.05) is 13.7 Å². The average Bonchev–Trinajstić information content (AvgIpc) is 3.06. The van der Waals surface area contributed by atoms with E-state index in [2.05, 4.69) is 6.58 Å². The molecule has 0 aliphatic carbocycles. The number of allylic oxidation sites excluding steroid dienone is 1. The largest absolute Gasteiger partial charge is 0.497 e. The smallest absolute Gasteiger partial charge is 0.410 e. The van der Waals surface area contributed by atoms with E-state index in [1.165, 1.54) is 0 Å². The molecule has 154 valence electrons. The molecule has 0 bridgehead atoms. The Morgan fingerprint density at radius 3 is 2.57 bits per heavy atom. The van der Waals surface area contributed by atoms with Gasteiger partial charge in [-0.1, -0.05) is 18.2 Å². The summed E-state index contributed by atoms with van der Waals surface area (Å²) < 4.78 is 21.9. The van der Waals surface area contributed by atoms with Crippen LogP contribution < -0.4 is 4.74 Å². The number of methoxy groups -OCH3 is 1. The van der Waals surface area contributed by atoms with Crippen LogP contribution in [0, 0.1) is 0 Å². The Bertz CT molecular complexity index is 683. The molecule has 0 N–H and O–H groups in total. The van der Waals surface area contributed by atoms with Gasteiger partial charge in [0.05, 0.1) is 13.2 Å². The maximum atomic E-state index is 13.1. The molecule has 28 heavy (non-hydrogen) atoms. The number of hydrogen-bond donors (Lipinski definition) is 0. The monoisotopic (exact) mass is 407 g/mol. The van der Waals surface area contributed by atoms with Crippen LogP contribution in [0.4, 0.5) is 4.79 Å². The number of benzene rings is 1. The first kappa shape index (κ1) is 22.0. The molecule has 7 heteroatoms. The van der Waals surface area contributed by atoms with Crippen LogP contribution in [0.15, 0.2) is 36.9 Å². The predicted octanol–water partition coefficient (Wildman–Crippen LogP) is 4.47. The van der Waals surface area contributed by atoms with Gasteiger partial charge >= 0.3 is 11.3 Å². The van der Waals surface area contributed by atoms with Crippen LogP contribution in [0.5, 0.6) is 5.75 Å². The van der Waals surface area contributed by atoms with E-state index in [1.807, 2.05) is 51.1 Å². The van der Waals surface area contributed by atoms with E-state index < -0.39 is 11.7 Å². The number of carbonyl (C=O) groups excluding carboxylic acids is 1. The lowest BCUT2D eigenvalue weighted by Gasteiger charge is -2.35. The fraction of sp³-hybridized carbons (Fsp3) is 0.524. The molecule has 0 saturated carbocycles. The highest BCUT2D eigenvalue weighted by molar-refractivity contribution is 7.79. The Hall–Kier alpha value is -2.28. The van der Waals surface area contributed by atoms with Gasteiger partial charge in [-0.15, -0.1) is 6.58 Å². The summed E-state index contributed by atoms with van der Waals surface area (Å²) in [5, 5.41) is 0.113. The first-order valence-corrected chi connectivity index (χ1v) is 9.71. The summed E-state index contributed by atoms with van der Waals surface area (Å²) in [4.78, 5) is 14.7. The molecule has 1 aliphatic rings. The SMILES string of the molecule is C=CCC[C@@H]([C@H]1COC(=S)O1)N(Cc1ccc(OC)cc1)C(=O)OC(C)(C)C. The van der Waals surface area contributed by atoms with Crippen molar-refractivity contribution in [1.82, 2.24) is 4.90 Å². The zero-order valence-electron chi connectivity index (χ0n) is 17.0. The molecule has 0 radical (unpaired) electrons. The van der Waals surface area contributed by atoms with Crippen molar-refractivity contribution in [2.45, 2.75) is 57.9 Å². The molecule has 1 aromatic carbocycles. The highest BCUT2D eigenvalue weighted by Crippen LogP contribution is 2.25. The number of rotatable bonds is 8. The van der Waals surface area contributed by atoms with Crippen LogP contribution in [-0.4, -0.2) is 47.7 Å². The summed E-state index contributed by atoms with van der Waals surface area (Å²) in [6.07, 6.45) is 2.45. The molecule has 1 aromatic rings. The normalized spacial score (nSPS) is 17.3. The third-order valence-corrected chi connectivity index (χ3v) is 4.46. The van der Waals surface area contributed by atoms with E-state index in [9.17, 15) is 4.79 Å². The number of amides is 1. The Balaban J connectivity index is 2.30. The average molecular weight is 408 g/mol. The second-order valence-corrected chi connectivity index (χ2v) is 7.94. The van der Waals surface area contributed by atoms with Gasteiger partial charge in [-0.25, -0.2) is 4.79 Å². The van der Waals surface area contributed by atoms with Crippen LogP contribution in [0.1, 0.15) is 39.2 Å². The molecular weight excluding hydrogens is 378 g/mol. The summed E-state index contributed by atoms with van der Waals surface area (Å²) >= 11 is 5.01. The minimum atomic E-state index is -0.611. The zero-order chi connectivity index (χ0) is 20.7. The summed E-state index contributed by atoms with van der Waals surface area (Å²) in [6, 6.07) is 7.32. The lowest BCUT2D eigenvalue weighted by molar-refractivity contribution is -0.00336. The van der Waals surface area contributed by atoms with Gasteiger partial charge in [0.1, 0.15) is 18.0 Å². The Labute approximate surface area is 172 Å². The molecular formula is C21H29NO5S. The van der Waals surface area contributed by atoms with Crippen molar-refractivity contribution in [1.29, 1.82) is 0 Å². The van der Waals surface area contributed by atoms with Crippen molar-refractivity contribution >= 4 is 23.5 Å².